The second-order valence-electron chi connectivity index (χ2n) is 13.2. The molecule has 0 bridgehead atoms. The molecule has 4 aromatic rings. The number of rotatable bonds is 2. The Balaban J connectivity index is -0.0000000396. The fraction of sp³-hybridized carbons (Fsp3) is 0.551. The molecule has 1 aromatic heterocycles. The Kier molecular flexibility index (Phi) is 200. The Bertz CT molecular complexity index is 1570. The number of benzene rings is 3. The molecule has 0 aliphatic carbocycles. The van der Waals surface area contributed by atoms with Gasteiger partial charge < -0.3 is 0 Å². The van der Waals surface area contributed by atoms with Gasteiger partial charge in [-0.25, -0.2) is 0 Å². The highest BCUT2D eigenvalue weighted by Gasteiger charge is 1.95. The van der Waals surface area contributed by atoms with Crippen LogP contribution in [0, 0.1) is 23.7 Å². The lowest BCUT2D eigenvalue weighted by Gasteiger charge is -2.02. The van der Waals surface area contributed by atoms with E-state index >= 15 is 0 Å². The third kappa shape index (κ3) is 131. The molecule has 79 heavy (non-hydrogen) atoms. The van der Waals surface area contributed by atoms with Crippen molar-refractivity contribution < 1.29 is 0 Å². The fourth-order valence-corrected chi connectivity index (χ4v) is 2.93. The summed E-state index contributed by atoms with van der Waals surface area (Å²) in [7, 11) is 0. The molecular weight excluding hydrogens is 951 g/mol. The van der Waals surface area contributed by atoms with Gasteiger partial charge in [-0.3, -0.25) is 4.98 Å². The van der Waals surface area contributed by atoms with E-state index in [-0.39, 0.29) is 0 Å². The Morgan fingerprint density at radius 2 is 0.430 bits per heavy atom. The van der Waals surface area contributed by atoms with E-state index in [4.69, 9.17) is 0 Å². The van der Waals surface area contributed by atoms with Crippen LogP contribution in [-0.2, 0) is 0 Å². The largest absolute Gasteiger partial charge is 0.265 e. The topological polar surface area (TPSA) is 12.9 Å². The van der Waals surface area contributed by atoms with Gasteiger partial charge in [-0.2, -0.15) is 0 Å². The van der Waals surface area contributed by atoms with E-state index < -0.39 is 0 Å². The van der Waals surface area contributed by atoms with Gasteiger partial charge in [0.25, 0.3) is 0 Å². The summed E-state index contributed by atoms with van der Waals surface area (Å²) in [6.45, 7) is 87.3. The highest BCUT2D eigenvalue weighted by molar-refractivity contribution is 5.66. The molecule has 0 aliphatic heterocycles. The van der Waals surface area contributed by atoms with Crippen LogP contribution in [0.4, 0.5) is 0 Å². The molecule has 1 heterocycles. The highest BCUT2D eigenvalue weighted by atomic mass is 14.6. The van der Waals surface area contributed by atoms with Gasteiger partial charge in [0.05, 0.1) is 0 Å². The summed E-state index contributed by atoms with van der Waals surface area (Å²) in [5.74, 6) is 11.2. The van der Waals surface area contributed by atoms with Gasteiger partial charge in [0.2, 0.25) is 0 Å². The van der Waals surface area contributed by atoms with Crippen molar-refractivity contribution in [3.63, 3.8) is 0 Å². The van der Waals surface area contributed by atoms with E-state index in [1.165, 1.54) is 55.7 Å². The van der Waals surface area contributed by atoms with Gasteiger partial charge in [0.1, 0.15) is 0 Å². The summed E-state index contributed by atoms with van der Waals surface area (Å²) in [4.78, 5) is 3.78. The van der Waals surface area contributed by atoms with Crippen molar-refractivity contribution in [2.24, 2.45) is 0 Å². The van der Waals surface area contributed by atoms with Crippen molar-refractivity contribution >= 4 is 11.1 Å². The lowest BCUT2D eigenvalue weighted by atomic mass is 10.0. The zero-order valence-corrected chi connectivity index (χ0v) is 62.5. The van der Waals surface area contributed by atoms with Gasteiger partial charge in [-0.05, 0) is 164 Å². The molecule has 0 amide bonds. The van der Waals surface area contributed by atoms with Crippen LogP contribution in [0.1, 0.15) is 314 Å². The Hall–Kier alpha value is -5.11. The average molecular weight is 1100 g/mol. The number of nitrogens with zero attached hydrogens (tertiary/aromatic N) is 1. The predicted molar refractivity (Wildman–Crippen MR) is 390 cm³/mol. The summed E-state index contributed by atoms with van der Waals surface area (Å²) in [6.07, 6.45) is 3.50. The second-order valence-corrected chi connectivity index (χ2v) is 13.2. The van der Waals surface area contributed by atoms with Crippen LogP contribution >= 0.6 is 0 Å². The van der Waals surface area contributed by atoms with Crippen LogP contribution in [-0.4, -0.2) is 4.98 Å². The van der Waals surface area contributed by atoms with E-state index in [1.807, 2.05) is 261 Å². The van der Waals surface area contributed by atoms with Crippen LogP contribution in [0.5, 0.6) is 0 Å². The van der Waals surface area contributed by atoms with Gasteiger partial charge in [0, 0.05) is 18.0 Å². The lowest BCUT2D eigenvalue weighted by Crippen LogP contribution is -1.79. The first kappa shape index (κ1) is 117. The Morgan fingerprint density at radius 3 is 0.557 bits per heavy atom. The molecule has 1 nitrogen and oxygen atoms in total. The van der Waals surface area contributed by atoms with Crippen LogP contribution in [0.3, 0.4) is 0 Å². The van der Waals surface area contributed by atoms with Crippen LogP contribution in [0.25, 0.3) is 11.1 Å². The van der Waals surface area contributed by atoms with Crippen molar-refractivity contribution in [1.82, 2.24) is 4.98 Å². The molecule has 466 valence electrons. The Morgan fingerprint density at radius 1 is 0.241 bits per heavy atom. The minimum atomic E-state index is 1.08. The first-order chi connectivity index (χ1) is 38.1. The molecule has 0 aliphatic rings. The van der Waals surface area contributed by atoms with E-state index in [0.717, 1.165) is 5.56 Å². The number of allylic oxidation sites excluding steroid dienone is 8. The maximum absolute atomic E-state index is 3.78. The smallest absolute Gasteiger partial charge is 0.0267 e. The first-order valence-corrected chi connectivity index (χ1v) is 31.3. The molecule has 4 rings (SSSR count). The van der Waals surface area contributed by atoms with Crippen molar-refractivity contribution in [1.29, 1.82) is 0 Å². The summed E-state index contributed by atoms with van der Waals surface area (Å²) in [5.41, 5.74) is 15.0. The molecule has 0 N–H and O–H groups in total. The highest BCUT2D eigenvalue weighted by Crippen LogP contribution is 2.17. The quantitative estimate of drug-likeness (QED) is 0.144. The summed E-state index contributed by atoms with van der Waals surface area (Å²) >= 11 is 0. The lowest BCUT2D eigenvalue weighted by molar-refractivity contribution is 1.23. The third-order valence-electron chi connectivity index (χ3n) is 7.77. The van der Waals surface area contributed by atoms with Gasteiger partial charge >= 0.3 is 0 Å². The fourth-order valence-electron chi connectivity index (χ4n) is 2.93. The van der Waals surface area contributed by atoms with Crippen molar-refractivity contribution in [3.05, 3.63) is 172 Å². The number of pyridine rings is 1. The summed E-state index contributed by atoms with van der Waals surface area (Å²) in [6, 6.07) is 36.6. The van der Waals surface area contributed by atoms with Crippen molar-refractivity contribution in [2.45, 2.75) is 298 Å². The standard InChI is InChI=1S/2C11H14.C9H8.2C6H12.C5H5N.C4H6.13C2H6/c2*1-9(2)10(3)11-7-5-4-6-8-11;1-2-6-9-7-4-3-5-8-9;2*1-5(2)6(3)4;1-2-4-6-5-3-1;1-3-4-2;13*1-2/h2*4-8H,1-3H3;3-5,7-8H,1H3;2*1-4H3;1-5H;1-2H3;13*1-2H3. The average Bonchev–Trinajstić information content (AvgIpc) is 3.55. The minimum absolute atomic E-state index is 1.08. The van der Waals surface area contributed by atoms with Crippen molar-refractivity contribution in [2.75, 3.05) is 0 Å². The minimum Gasteiger partial charge on any atom is -0.265 e. The predicted octanol–water partition coefficient (Wildman–Crippen LogP) is 29.2. The molecule has 0 saturated heterocycles. The molecule has 0 fully saturated rings. The summed E-state index contributed by atoms with van der Waals surface area (Å²) < 4.78 is 0. The van der Waals surface area contributed by atoms with Crippen molar-refractivity contribution in [3.8, 4) is 23.7 Å². The molecule has 0 atom stereocenters. The first-order valence-electron chi connectivity index (χ1n) is 31.3. The number of hydrogen-bond acceptors (Lipinski definition) is 1. The number of hydrogen-bond donors (Lipinski definition) is 0. The summed E-state index contributed by atoms with van der Waals surface area (Å²) in [5, 5.41) is 0. The third-order valence-corrected chi connectivity index (χ3v) is 7.77. The zero-order valence-electron chi connectivity index (χ0n) is 62.5. The molecular formula is C78H149N. The number of aromatic nitrogens is 1. The van der Waals surface area contributed by atoms with E-state index in [1.54, 1.807) is 12.4 Å². The molecule has 0 unspecified atom stereocenters. The SMILES string of the molecule is CC.CC.CC.CC.CC.CC.CC.CC.CC.CC.CC.CC.CC.CC#CC.CC#Cc1ccccc1.CC(C)=C(C)C.CC(C)=C(C)C.CC(C)=C(C)c1ccccc1.CC(C)=C(C)c1ccccc1.c1ccncc1. The molecule has 3 aromatic carbocycles. The molecule has 1 heteroatoms. The normalized spacial score (nSPS) is 6.47. The Labute approximate surface area is 506 Å². The maximum atomic E-state index is 3.78. The van der Waals surface area contributed by atoms with Gasteiger partial charge in [-0.15, -0.1) is 17.8 Å². The van der Waals surface area contributed by atoms with E-state index in [0.29, 0.717) is 0 Å². The van der Waals surface area contributed by atoms with E-state index in [2.05, 4.69) is 174 Å². The van der Waals surface area contributed by atoms with Crippen LogP contribution in [0.15, 0.2) is 155 Å². The van der Waals surface area contributed by atoms with Crippen LogP contribution < -0.4 is 0 Å². The van der Waals surface area contributed by atoms with Gasteiger partial charge in [0.15, 0.2) is 0 Å². The second kappa shape index (κ2) is 135. The monoisotopic (exact) mass is 1100 g/mol. The van der Waals surface area contributed by atoms with E-state index in [9.17, 15) is 0 Å². The molecule has 0 saturated carbocycles. The molecule has 0 radical (unpaired) electrons. The zero-order chi connectivity index (χ0) is 67.0. The molecule has 0 spiro atoms. The maximum Gasteiger partial charge on any atom is 0.0267 e. The van der Waals surface area contributed by atoms with Gasteiger partial charge in [-0.1, -0.05) is 304 Å². The van der Waals surface area contributed by atoms with Crippen LogP contribution in [0.2, 0.25) is 0 Å².